The minimum Gasteiger partial charge on any atom is -0.369 e. The van der Waals surface area contributed by atoms with Gasteiger partial charge in [0, 0.05) is 5.92 Å². The first-order valence-corrected chi connectivity index (χ1v) is 10.2. The molecule has 0 bridgehead atoms. The number of benzene rings is 2. The number of hydrogen-bond donors (Lipinski definition) is 3. The molecule has 30 heavy (non-hydrogen) atoms. The Morgan fingerprint density at radius 1 is 1.03 bits per heavy atom. The third kappa shape index (κ3) is 5.67. The Kier molecular flexibility index (Phi) is 7.19. The number of likely N-dealkylation sites (tertiary alicyclic amines) is 1. The molecule has 1 fully saturated rings. The maximum atomic E-state index is 12.8. The van der Waals surface area contributed by atoms with Crippen LogP contribution in [0.1, 0.15) is 41.7 Å². The molecule has 0 aromatic heterocycles. The average Bonchev–Trinajstić information content (AvgIpc) is 2.75. The summed E-state index contributed by atoms with van der Waals surface area (Å²) >= 11 is 0. The van der Waals surface area contributed by atoms with Crippen molar-refractivity contribution in [2.24, 2.45) is 11.7 Å². The summed E-state index contributed by atoms with van der Waals surface area (Å²) in [5, 5.41) is 5.83. The molecule has 4 N–H and O–H groups in total. The number of para-hydroxylation sites is 1. The fourth-order valence-electron chi connectivity index (χ4n) is 3.66. The molecule has 7 heteroatoms. The molecule has 3 rings (SSSR count). The van der Waals surface area contributed by atoms with E-state index in [9.17, 15) is 14.4 Å². The monoisotopic (exact) mass is 408 g/mol. The van der Waals surface area contributed by atoms with E-state index in [2.05, 4.69) is 10.6 Å². The summed E-state index contributed by atoms with van der Waals surface area (Å²) in [6.07, 6.45) is 1.33. The van der Waals surface area contributed by atoms with Crippen molar-refractivity contribution >= 4 is 23.4 Å². The molecule has 1 saturated heterocycles. The molecule has 2 aromatic carbocycles. The maximum Gasteiger partial charge on any atom is 0.253 e. The molecule has 2 aromatic rings. The Labute approximate surface area is 176 Å². The highest BCUT2D eigenvalue weighted by atomic mass is 16.2. The van der Waals surface area contributed by atoms with Crippen molar-refractivity contribution in [2.45, 2.75) is 25.8 Å². The van der Waals surface area contributed by atoms with Crippen LogP contribution in [0.2, 0.25) is 0 Å². The first-order valence-electron chi connectivity index (χ1n) is 10.2. The Balaban J connectivity index is 1.59. The highest BCUT2D eigenvalue weighted by molar-refractivity contribution is 6.04. The third-order valence-electron chi connectivity index (χ3n) is 5.45. The molecule has 0 radical (unpaired) electrons. The number of primary amides is 1. The number of nitrogens with zero attached hydrogens (tertiary/aromatic N) is 1. The van der Waals surface area contributed by atoms with Gasteiger partial charge < -0.3 is 16.4 Å². The fourth-order valence-corrected chi connectivity index (χ4v) is 3.66. The minimum absolute atomic E-state index is 0.111. The highest BCUT2D eigenvalue weighted by Gasteiger charge is 2.24. The summed E-state index contributed by atoms with van der Waals surface area (Å²) in [5.74, 6) is -0.822. The average molecular weight is 409 g/mol. The zero-order chi connectivity index (χ0) is 21.5. The van der Waals surface area contributed by atoms with Crippen molar-refractivity contribution in [3.8, 4) is 0 Å². The van der Waals surface area contributed by atoms with Crippen LogP contribution in [0.15, 0.2) is 54.6 Å². The lowest BCUT2D eigenvalue weighted by Gasteiger charge is -2.29. The topological polar surface area (TPSA) is 105 Å². The molecular formula is C23H28N4O3. The van der Waals surface area contributed by atoms with Gasteiger partial charge in [0.1, 0.15) is 0 Å². The van der Waals surface area contributed by atoms with Crippen LogP contribution < -0.4 is 16.4 Å². The fraction of sp³-hybridized carbons (Fsp3) is 0.348. The smallest absolute Gasteiger partial charge is 0.253 e. The molecule has 0 aliphatic carbocycles. The van der Waals surface area contributed by atoms with Crippen molar-refractivity contribution in [3.63, 3.8) is 0 Å². The quantitative estimate of drug-likeness (QED) is 0.654. The van der Waals surface area contributed by atoms with E-state index < -0.39 is 0 Å². The summed E-state index contributed by atoms with van der Waals surface area (Å²) in [5.41, 5.74) is 7.26. The molecular weight excluding hydrogens is 380 g/mol. The molecule has 0 spiro atoms. The van der Waals surface area contributed by atoms with Crippen molar-refractivity contribution in [2.75, 3.05) is 25.0 Å². The summed E-state index contributed by atoms with van der Waals surface area (Å²) in [4.78, 5) is 38.6. The van der Waals surface area contributed by atoms with Crippen LogP contribution in [0.3, 0.4) is 0 Å². The van der Waals surface area contributed by atoms with Gasteiger partial charge in [0.15, 0.2) is 0 Å². The van der Waals surface area contributed by atoms with Crippen LogP contribution in [0.25, 0.3) is 0 Å². The number of nitrogens with two attached hydrogens (primary N) is 1. The Hall–Kier alpha value is -3.19. The summed E-state index contributed by atoms with van der Waals surface area (Å²) in [6, 6.07) is 16.5. The molecule has 1 aliphatic rings. The number of nitrogens with one attached hydrogen (secondary N) is 2. The van der Waals surface area contributed by atoms with Crippen molar-refractivity contribution < 1.29 is 14.4 Å². The van der Waals surface area contributed by atoms with Crippen molar-refractivity contribution in [1.82, 2.24) is 10.2 Å². The van der Waals surface area contributed by atoms with Crippen LogP contribution in [0.5, 0.6) is 0 Å². The van der Waals surface area contributed by atoms with E-state index in [0.717, 1.165) is 5.56 Å². The van der Waals surface area contributed by atoms with E-state index in [-0.39, 0.29) is 36.2 Å². The number of rotatable bonds is 7. The van der Waals surface area contributed by atoms with Gasteiger partial charge in [-0.15, -0.1) is 0 Å². The van der Waals surface area contributed by atoms with Crippen LogP contribution >= 0.6 is 0 Å². The maximum absolute atomic E-state index is 12.8. The second kappa shape index (κ2) is 10.0. The SMILES string of the molecule is CC(NC(=O)c1ccccc1NC(=O)CN1CCC(C(N)=O)CC1)c1ccccc1. The second-order valence-corrected chi connectivity index (χ2v) is 7.65. The lowest BCUT2D eigenvalue weighted by molar-refractivity contribution is -0.123. The van der Waals surface area contributed by atoms with Gasteiger partial charge in [-0.3, -0.25) is 19.3 Å². The van der Waals surface area contributed by atoms with Gasteiger partial charge in [0.25, 0.3) is 5.91 Å². The standard InChI is InChI=1S/C23H28N4O3/c1-16(17-7-3-2-4-8-17)25-23(30)19-9-5-6-10-20(19)26-21(28)15-27-13-11-18(12-14-27)22(24)29/h2-10,16,18H,11-15H2,1H3,(H2,24,29)(H,25,30)(H,26,28). The Morgan fingerprint density at radius 3 is 2.33 bits per heavy atom. The van der Waals surface area contributed by atoms with Crippen molar-refractivity contribution in [3.05, 3.63) is 65.7 Å². The molecule has 1 aliphatic heterocycles. The van der Waals surface area contributed by atoms with Gasteiger partial charge in [-0.25, -0.2) is 0 Å². The van der Waals surface area contributed by atoms with Crippen LogP contribution in [0.4, 0.5) is 5.69 Å². The molecule has 7 nitrogen and oxygen atoms in total. The van der Waals surface area contributed by atoms with E-state index >= 15 is 0 Å². The van der Waals surface area contributed by atoms with E-state index in [1.165, 1.54) is 0 Å². The van der Waals surface area contributed by atoms with Crippen LogP contribution in [0, 0.1) is 5.92 Å². The summed E-state index contributed by atoms with van der Waals surface area (Å²) in [6.45, 7) is 3.43. The highest BCUT2D eigenvalue weighted by Crippen LogP contribution is 2.19. The summed E-state index contributed by atoms with van der Waals surface area (Å²) in [7, 11) is 0. The molecule has 1 unspecified atom stereocenters. The Bertz CT molecular complexity index is 892. The number of carbonyl (C=O) groups is 3. The number of carbonyl (C=O) groups excluding carboxylic acids is 3. The first-order chi connectivity index (χ1) is 14.4. The molecule has 1 heterocycles. The van der Waals surface area contributed by atoms with Crippen molar-refractivity contribution in [1.29, 1.82) is 0 Å². The molecule has 0 saturated carbocycles. The van der Waals surface area contributed by atoms with E-state index in [1.807, 2.05) is 42.2 Å². The predicted octanol–water partition coefficient (Wildman–Crippen LogP) is 2.31. The lowest BCUT2D eigenvalue weighted by atomic mass is 9.96. The zero-order valence-electron chi connectivity index (χ0n) is 17.1. The largest absolute Gasteiger partial charge is 0.369 e. The normalized spacial score (nSPS) is 15.9. The summed E-state index contributed by atoms with van der Waals surface area (Å²) < 4.78 is 0. The molecule has 3 amide bonds. The Morgan fingerprint density at radius 2 is 1.67 bits per heavy atom. The molecule has 1 atom stereocenters. The van der Waals surface area contributed by atoms with Gasteiger partial charge in [-0.2, -0.15) is 0 Å². The van der Waals surface area contributed by atoms with Gasteiger partial charge >= 0.3 is 0 Å². The van der Waals surface area contributed by atoms with Crippen LogP contribution in [-0.2, 0) is 9.59 Å². The number of hydrogen-bond acceptors (Lipinski definition) is 4. The number of piperidine rings is 1. The first kappa shape index (κ1) is 21.5. The predicted molar refractivity (Wildman–Crippen MR) is 116 cm³/mol. The van der Waals surface area contributed by atoms with E-state index in [4.69, 9.17) is 5.73 Å². The van der Waals surface area contributed by atoms with Crippen LogP contribution in [-0.4, -0.2) is 42.3 Å². The van der Waals surface area contributed by atoms with E-state index in [0.29, 0.717) is 37.2 Å². The van der Waals surface area contributed by atoms with Gasteiger partial charge in [0.05, 0.1) is 23.8 Å². The lowest BCUT2D eigenvalue weighted by Crippen LogP contribution is -2.42. The third-order valence-corrected chi connectivity index (χ3v) is 5.45. The van der Waals surface area contributed by atoms with Gasteiger partial charge in [-0.05, 0) is 50.6 Å². The minimum atomic E-state index is -0.274. The second-order valence-electron chi connectivity index (χ2n) is 7.65. The van der Waals surface area contributed by atoms with E-state index in [1.54, 1.807) is 24.3 Å². The number of amides is 3. The number of anilines is 1. The van der Waals surface area contributed by atoms with Gasteiger partial charge in [0.2, 0.25) is 11.8 Å². The zero-order valence-corrected chi connectivity index (χ0v) is 17.1. The molecule has 158 valence electrons. The van der Waals surface area contributed by atoms with Gasteiger partial charge in [-0.1, -0.05) is 42.5 Å².